The van der Waals surface area contributed by atoms with Crippen molar-refractivity contribution < 1.29 is 4.79 Å². The molecule has 20 heavy (non-hydrogen) atoms. The zero-order chi connectivity index (χ0) is 14.4. The van der Waals surface area contributed by atoms with Crippen molar-refractivity contribution in [3.63, 3.8) is 0 Å². The molecule has 3 nitrogen and oxygen atoms in total. The first-order chi connectivity index (χ1) is 9.66. The fourth-order valence-corrected chi connectivity index (χ4v) is 2.86. The minimum absolute atomic E-state index is 0.0997. The highest BCUT2D eigenvalue weighted by atomic mass is 35.5. The summed E-state index contributed by atoms with van der Waals surface area (Å²) in [4.78, 5) is 14.3. The fourth-order valence-electron chi connectivity index (χ4n) is 2.66. The van der Waals surface area contributed by atoms with Crippen molar-refractivity contribution in [2.75, 3.05) is 13.1 Å². The first-order valence-electron chi connectivity index (χ1n) is 7.41. The van der Waals surface area contributed by atoms with E-state index in [4.69, 9.17) is 11.6 Å². The monoisotopic (exact) mass is 294 g/mol. The highest BCUT2D eigenvalue weighted by molar-refractivity contribution is 6.31. The van der Waals surface area contributed by atoms with E-state index < -0.39 is 0 Å². The van der Waals surface area contributed by atoms with Gasteiger partial charge in [0.2, 0.25) is 5.91 Å². The number of halogens is 1. The predicted octanol–water partition coefficient (Wildman–Crippen LogP) is 3.22. The van der Waals surface area contributed by atoms with Crippen LogP contribution in [0.5, 0.6) is 0 Å². The molecular weight excluding hydrogens is 272 g/mol. The van der Waals surface area contributed by atoms with Crippen molar-refractivity contribution in [1.82, 2.24) is 10.2 Å². The summed E-state index contributed by atoms with van der Waals surface area (Å²) < 4.78 is 0. The van der Waals surface area contributed by atoms with Gasteiger partial charge >= 0.3 is 0 Å². The van der Waals surface area contributed by atoms with Gasteiger partial charge in [-0.15, -0.1) is 0 Å². The Morgan fingerprint density at radius 2 is 2.20 bits per heavy atom. The number of hydrogen-bond donors (Lipinski definition) is 1. The number of nitrogens with one attached hydrogen (secondary N) is 1. The van der Waals surface area contributed by atoms with Gasteiger partial charge in [-0.3, -0.25) is 4.79 Å². The molecule has 1 atom stereocenters. The molecule has 1 saturated heterocycles. The number of amides is 1. The Morgan fingerprint density at radius 3 is 2.95 bits per heavy atom. The molecule has 110 valence electrons. The van der Waals surface area contributed by atoms with Gasteiger partial charge in [0.15, 0.2) is 0 Å². The van der Waals surface area contributed by atoms with E-state index >= 15 is 0 Å². The van der Waals surface area contributed by atoms with Gasteiger partial charge in [0.05, 0.1) is 0 Å². The van der Waals surface area contributed by atoms with Gasteiger partial charge in [0.1, 0.15) is 0 Å². The normalized spacial score (nSPS) is 19.8. The second-order valence-electron chi connectivity index (χ2n) is 5.50. The Balaban J connectivity index is 1.71. The molecule has 0 aromatic heterocycles. The number of hydrogen-bond acceptors (Lipinski definition) is 2. The van der Waals surface area contributed by atoms with Crippen LogP contribution in [-0.4, -0.2) is 29.9 Å². The lowest BCUT2D eigenvalue weighted by Crippen LogP contribution is -2.39. The average molecular weight is 295 g/mol. The molecule has 1 aliphatic rings. The Kier molecular flexibility index (Phi) is 5.86. The standard InChI is InChI=1S/C16H23ClN2O/c1-13-6-4-5-10-19(13)11-9-16(20)18-12-14-7-2-3-8-15(14)17/h2-3,7-8,13H,4-6,9-12H2,1H3,(H,18,20). The van der Waals surface area contributed by atoms with Gasteiger partial charge in [-0.25, -0.2) is 0 Å². The molecule has 1 fully saturated rings. The lowest BCUT2D eigenvalue weighted by atomic mass is 10.0. The molecule has 1 N–H and O–H groups in total. The lowest BCUT2D eigenvalue weighted by Gasteiger charge is -2.33. The zero-order valence-corrected chi connectivity index (χ0v) is 12.8. The minimum Gasteiger partial charge on any atom is -0.352 e. The molecular formula is C16H23ClN2O. The summed E-state index contributed by atoms with van der Waals surface area (Å²) in [6.07, 6.45) is 4.39. The topological polar surface area (TPSA) is 32.3 Å². The van der Waals surface area contributed by atoms with Crippen molar-refractivity contribution in [3.8, 4) is 0 Å². The van der Waals surface area contributed by atoms with E-state index in [1.807, 2.05) is 24.3 Å². The maximum absolute atomic E-state index is 11.9. The average Bonchev–Trinajstić information content (AvgIpc) is 2.45. The van der Waals surface area contributed by atoms with Crippen LogP contribution in [0.15, 0.2) is 24.3 Å². The van der Waals surface area contributed by atoms with Crippen LogP contribution in [0.25, 0.3) is 0 Å². The second-order valence-corrected chi connectivity index (χ2v) is 5.91. The molecule has 0 bridgehead atoms. The molecule has 0 radical (unpaired) electrons. The largest absolute Gasteiger partial charge is 0.352 e. The van der Waals surface area contributed by atoms with E-state index in [1.54, 1.807) is 0 Å². The Bertz CT molecular complexity index is 450. The quantitative estimate of drug-likeness (QED) is 0.904. The molecule has 1 heterocycles. The molecule has 1 amide bonds. The van der Waals surface area contributed by atoms with Gasteiger partial charge < -0.3 is 10.2 Å². The van der Waals surface area contributed by atoms with Gasteiger partial charge in [-0.2, -0.15) is 0 Å². The summed E-state index contributed by atoms with van der Waals surface area (Å²) >= 11 is 6.07. The van der Waals surface area contributed by atoms with Gasteiger partial charge in [-0.05, 0) is 37.9 Å². The highest BCUT2D eigenvalue weighted by Gasteiger charge is 2.18. The number of piperidine rings is 1. The van der Waals surface area contributed by atoms with E-state index in [-0.39, 0.29) is 5.91 Å². The third kappa shape index (κ3) is 4.50. The van der Waals surface area contributed by atoms with Gasteiger partial charge in [-0.1, -0.05) is 36.2 Å². The van der Waals surface area contributed by atoms with Crippen molar-refractivity contribution in [3.05, 3.63) is 34.9 Å². The first-order valence-corrected chi connectivity index (χ1v) is 7.79. The van der Waals surface area contributed by atoms with E-state index in [9.17, 15) is 4.79 Å². The first kappa shape index (κ1) is 15.3. The van der Waals surface area contributed by atoms with Crippen LogP contribution in [0.2, 0.25) is 5.02 Å². The fraction of sp³-hybridized carbons (Fsp3) is 0.562. The van der Waals surface area contributed by atoms with Crippen LogP contribution in [0, 0.1) is 0 Å². The summed E-state index contributed by atoms with van der Waals surface area (Å²) in [5.41, 5.74) is 0.967. The highest BCUT2D eigenvalue weighted by Crippen LogP contribution is 2.16. The lowest BCUT2D eigenvalue weighted by molar-refractivity contribution is -0.121. The summed E-state index contributed by atoms with van der Waals surface area (Å²) in [7, 11) is 0. The van der Waals surface area contributed by atoms with Crippen LogP contribution in [0.3, 0.4) is 0 Å². The van der Waals surface area contributed by atoms with Crippen LogP contribution >= 0.6 is 11.6 Å². The number of carbonyl (C=O) groups is 1. The number of carbonyl (C=O) groups excluding carboxylic acids is 1. The molecule has 1 unspecified atom stereocenters. The number of nitrogens with zero attached hydrogens (tertiary/aromatic N) is 1. The Hall–Kier alpha value is -1.06. The molecule has 1 aromatic carbocycles. The SMILES string of the molecule is CC1CCCCN1CCC(=O)NCc1ccccc1Cl. The van der Waals surface area contributed by atoms with Crippen molar-refractivity contribution >= 4 is 17.5 Å². The molecule has 4 heteroatoms. The zero-order valence-electron chi connectivity index (χ0n) is 12.1. The molecule has 0 aliphatic carbocycles. The number of likely N-dealkylation sites (tertiary alicyclic amines) is 1. The smallest absolute Gasteiger partial charge is 0.221 e. The molecule has 0 spiro atoms. The second kappa shape index (κ2) is 7.65. The van der Waals surface area contributed by atoms with E-state index in [0.29, 0.717) is 24.0 Å². The van der Waals surface area contributed by atoms with Crippen molar-refractivity contribution in [2.45, 2.75) is 45.2 Å². The molecule has 1 aromatic rings. The van der Waals surface area contributed by atoms with Crippen LogP contribution < -0.4 is 5.32 Å². The number of benzene rings is 1. The third-order valence-corrected chi connectivity index (χ3v) is 4.37. The van der Waals surface area contributed by atoms with Crippen LogP contribution in [0.4, 0.5) is 0 Å². The van der Waals surface area contributed by atoms with Crippen molar-refractivity contribution in [1.29, 1.82) is 0 Å². The third-order valence-electron chi connectivity index (χ3n) is 4.00. The Morgan fingerprint density at radius 1 is 1.40 bits per heavy atom. The van der Waals surface area contributed by atoms with Crippen molar-refractivity contribution in [2.24, 2.45) is 0 Å². The summed E-state index contributed by atoms with van der Waals surface area (Å²) in [6.45, 7) is 4.74. The molecule has 0 saturated carbocycles. The molecule has 2 rings (SSSR count). The molecule has 1 aliphatic heterocycles. The van der Waals surface area contributed by atoms with Gasteiger partial charge in [0, 0.05) is 30.6 Å². The number of rotatable bonds is 5. The van der Waals surface area contributed by atoms with E-state index in [1.165, 1.54) is 19.3 Å². The maximum Gasteiger partial charge on any atom is 0.221 e. The summed E-state index contributed by atoms with van der Waals surface area (Å²) in [5.74, 6) is 0.0997. The predicted molar refractivity (Wildman–Crippen MR) is 82.8 cm³/mol. The summed E-state index contributed by atoms with van der Waals surface area (Å²) in [6, 6.07) is 8.22. The van der Waals surface area contributed by atoms with Crippen LogP contribution in [-0.2, 0) is 11.3 Å². The minimum atomic E-state index is 0.0997. The maximum atomic E-state index is 11.9. The van der Waals surface area contributed by atoms with Crippen LogP contribution in [0.1, 0.15) is 38.2 Å². The van der Waals surface area contributed by atoms with E-state index in [2.05, 4.69) is 17.1 Å². The van der Waals surface area contributed by atoms with Gasteiger partial charge in [0.25, 0.3) is 0 Å². The summed E-state index contributed by atoms with van der Waals surface area (Å²) in [5, 5.41) is 3.65. The Labute approximate surface area is 126 Å². The van der Waals surface area contributed by atoms with E-state index in [0.717, 1.165) is 18.7 Å².